The number of nitrogens with zero attached hydrogens (tertiary/aromatic N) is 3. The van der Waals surface area contributed by atoms with Crippen LogP contribution in [0.2, 0.25) is 0 Å². The summed E-state index contributed by atoms with van der Waals surface area (Å²) >= 11 is 0. The molecule has 0 unspecified atom stereocenters. The maximum atomic E-state index is 8.92. The van der Waals surface area contributed by atoms with Crippen molar-refractivity contribution in [3.8, 4) is 29.0 Å². The van der Waals surface area contributed by atoms with Gasteiger partial charge in [0.15, 0.2) is 0 Å². The average Bonchev–Trinajstić information content (AvgIpc) is 3.12. The highest BCUT2D eigenvalue weighted by molar-refractivity contribution is 5.81. The van der Waals surface area contributed by atoms with E-state index in [0.29, 0.717) is 5.56 Å². The molecule has 4 aromatic rings. The van der Waals surface area contributed by atoms with Crippen LogP contribution >= 0.6 is 0 Å². The molecule has 3 aromatic carbocycles. The second kappa shape index (κ2) is 6.61. The minimum Gasteiger partial charge on any atom is -0.497 e. The van der Waals surface area contributed by atoms with Gasteiger partial charge in [-0.05, 0) is 66.7 Å². The summed E-state index contributed by atoms with van der Waals surface area (Å²) in [5.41, 5.74) is 2.50. The van der Waals surface area contributed by atoms with Crippen LogP contribution < -0.4 is 9.47 Å². The van der Waals surface area contributed by atoms with Crippen LogP contribution in [0.4, 0.5) is 0 Å². The fraction of sp³-hybridized carbons (Fsp3) is 0.0476. The third kappa shape index (κ3) is 2.96. The van der Waals surface area contributed by atoms with E-state index in [1.165, 1.54) is 0 Å². The zero-order valence-corrected chi connectivity index (χ0v) is 14.1. The lowest BCUT2D eigenvalue weighted by Gasteiger charge is -2.07. The molecule has 0 aliphatic rings. The second-order valence-corrected chi connectivity index (χ2v) is 5.71. The van der Waals surface area contributed by atoms with Gasteiger partial charge < -0.3 is 9.47 Å². The van der Waals surface area contributed by atoms with Crippen LogP contribution in [0.5, 0.6) is 17.2 Å². The fourth-order valence-electron chi connectivity index (χ4n) is 2.74. The van der Waals surface area contributed by atoms with Gasteiger partial charge in [-0.1, -0.05) is 0 Å². The third-order valence-electron chi connectivity index (χ3n) is 4.08. The molecule has 0 radical (unpaired) electrons. The molecule has 0 bridgehead atoms. The summed E-state index contributed by atoms with van der Waals surface area (Å²) in [6.07, 6.45) is 1.80. The number of benzene rings is 3. The first-order valence-corrected chi connectivity index (χ1v) is 8.07. The summed E-state index contributed by atoms with van der Waals surface area (Å²) < 4.78 is 12.9. The summed E-state index contributed by atoms with van der Waals surface area (Å²) in [6.45, 7) is 0. The smallest absolute Gasteiger partial charge is 0.128 e. The number of hydrogen-bond donors (Lipinski definition) is 0. The average molecular weight is 341 g/mol. The van der Waals surface area contributed by atoms with Crippen molar-refractivity contribution in [2.75, 3.05) is 7.11 Å². The Morgan fingerprint density at radius 1 is 0.885 bits per heavy atom. The van der Waals surface area contributed by atoms with Crippen molar-refractivity contribution in [1.29, 1.82) is 5.26 Å². The first-order chi connectivity index (χ1) is 12.8. The molecular formula is C21H15N3O2. The quantitative estimate of drug-likeness (QED) is 0.540. The molecule has 4 rings (SSSR count). The Kier molecular flexibility index (Phi) is 4.00. The molecule has 0 amide bonds. The van der Waals surface area contributed by atoms with E-state index in [0.717, 1.165) is 33.8 Å². The van der Waals surface area contributed by atoms with E-state index >= 15 is 0 Å². The maximum Gasteiger partial charge on any atom is 0.128 e. The van der Waals surface area contributed by atoms with E-state index in [1.54, 1.807) is 25.4 Å². The van der Waals surface area contributed by atoms with E-state index in [2.05, 4.69) is 11.2 Å². The zero-order chi connectivity index (χ0) is 17.9. The second-order valence-electron chi connectivity index (χ2n) is 5.71. The molecule has 5 nitrogen and oxygen atoms in total. The zero-order valence-electron chi connectivity index (χ0n) is 14.1. The van der Waals surface area contributed by atoms with Gasteiger partial charge in [0.1, 0.15) is 17.2 Å². The maximum absolute atomic E-state index is 8.92. The number of ether oxygens (including phenoxy) is 2. The van der Waals surface area contributed by atoms with Gasteiger partial charge in [0.25, 0.3) is 0 Å². The number of aromatic nitrogens is 2. The molecule has 0 atom stereocenters. The SMILES string of the molecule is COc1ccc(Oc2ccc3c(cnn3-c3ccc(C#N)cc3)c2)cc1. The highest BCUT2D eigenvalue weighted by Crippen LogP contribution is 2.28. The Labute approximate surface area is 150 Å². The van der Waals surface area contributed by atoms with Crippen LogP contribution in [0, 0.1) is 11.3 Å². The fourth-order valence-corrected chi connectivity index (χ4v) is 2.74. The lowest BCUT2D eigenvalue weighted by Crippen LogP contribution is -1.95. The van der Waals surface area contributed by atoms with E-state index in [9.17, 15) is 0 Å². The number of methoxy groups -OCH3 is 1. The lowest BCUT2D eigenvalue weighted by atomic mass is 10.2. The van der Waals surface area contributed by atoms with Gasteiger partial charge >= 0.3 is 0 Å². The summed E-state index contributed by atoms with van der Waals surface area (Å²) in [5, 5.41) is 14.3. The molecule has 0 saturated heterocycles. The Balaban J connectivity index is 1.63. The van der Waals surface area contributed by atoms with Crippen molar-refractivity contribution < 1.29 is 9.47 Å². The highest BCUT2D eigenvalue weighted by Gasteiger charge is 2.07. The third-order valence-corrected chi connectivity index (χ3v) is 4.08. The molecular weight excluding hydrogens is 326 g/mol. The summed E-state index contributed by atoms with van der Waals surface area (Å²) in [7, 11) is 1.63. The van der Waals surface area contributed by atoms with E-state index in [1.807, 2.05) is 59.3 Å². The van der Waals surface area contributed by atoms with Crippen molar-refractivity contribution in [3.05, 3.63) is 78.5 Å². The summed E-state index contributed by atoms with van der Waals surface area (Å²) in [5.74, 6) is 2.27. The van der Waals surface area contributed by atoms with E-state index < -0.39 is 0 Å². The topological polar surface area (TPSA) is 60.1 Å². The molecule has 0 fully saturated rings. The number of fused-ring (bicyclic) bond motifs is 1. The number of nitriles is 1. The van der Waals surface area contributed by atoms with Gasteiger partial charge in [-0.2, -0.15) is 10.4 Å². The molecule has 0 aliphatic heterocycles. The Hall–Kier alpha value is -3.78. The predicted octanol–water partition coefficient (Wildman–Crippen LogP) is 4.70. The molecule has 26 heavy (non-hydrogen) atoms. The Morgan fingerprint density at radius 2 is 1.58 bits per heavy atom. The first kappa shape index (κ1) is 15.7. The van der Waals surface area contributed by atoms with Crippen LogP contribution in [0.25, 0.3) is 16.6 Å². The van der Waals surface area contributed by atoms with Crippen molar-refractivity contribution >= 4 is 10.9 Å². The molecule has 0 saturated carbocycles. The van der Waals surface area contributed by atoms with Gasteiger partial charge in [-0.25, -0.2) is 4.68 Å². The molecule has 126 valence electrons. The standard InChI is InChI=1S/C21H15N3O2/c1-25-18-6-8-19(9-7-18)26-20-10-11-21-16(12-20)14-23-24(21)17-4-2-15(13-22)3-5-17/h2-12,14H,1H3. The Bertz CT molecular complexity index is 1090. The van der Waals surface area contributed by atoms with Gasteiger partial charge in [0.2, 0.25) is 0 Å². The van der Waals surface area contributed by atoms with E-state index in [-0.39, 0.29) is 0 Å². The van der Waals surface area contributed by atoms with E-state index in [4.69, 9.17) is 14.7 Å². The molecule has 1 aromatic heterocycles. The van der Waals surface area contributed by atoms with Crippen LogP contribution in [0.1, 0.15) is 5.56 Å². The monoisotopic (exact) mass is 341 g/mol. The molecule has 0 spiro atoms. The number of rotatable bonds is 4. The number of hydrogen-bond acceptors (Lipinski definition) is 4. The van der Waals surface area contributed by atoms with Crippen molar-refractivity contribution in [2.24, 2.45) is 0 Å². The molecule has 0 N–H and O–H groups in total. The van der Waals surface area contributed by atoms with Crippen molar-refractivity contribution in [3.63, 3.8) is 0 Å². The first-order valence-electron chi connectivity index (χ1n) is 8.07. The van der Waals surface area contributed by atoms with Crippen molar-refractivity contribution in [2.45, 2.75) is 0 Å². The van der Waals surface area contributed by atoms with Gasteiger partial charge in [0, 0.05) is 5.39 Å². The largest absolute Gasteiger partial charge is 0.497 e. The predicted molar refractivity (Wildman–Crippen MR) is 98.9 cm³/mol. The van der Waals surface area contributed by atoms with Crippen molar-refractivity contribution in [1.82, 2.24) is 9.78 Å². The Morgan fingerprint density at radius 3 is 2.27 bits per heavy atom. The van der Waals surface area contributed by atoms with Crippen LogP contribution in [0.3, 0.4) is 0 Å². The normalized spacial score (nSPS) is 10.5. The van der Waals surface area contributed by atoms with Crippen LogP contribution in [0.15, 0.2) is 72.9 Å². The van der Waals surface area contributed by atoms with Gasteiger partial charge in [-0.3, -0.25) is 0 Å². The summed E-state index contributed by atoms with van der Waals surface area (Å²) in [6, 6.07) is 22.7. The van der Waals surface area contributed by atoms with Crippen LogP contribution in [-0.4, -0.2) is 16.9 Å². The van der Waals surface area contributed by atoms with Gasteiger partial charge in [-0.15, -0.1) is 0 Å². The summed E-state index contributed by atoms with van der Waals surface area (Å²) in [4.78, 5) is 0. The van der Waals surface area contributed by atoms with Crippen LogP contribution in [-0.2, 0) is 0 Å². The molecule has 0 aliphatic carbocycles. The minimum absolute atomic E-state index is 0.625. The molecule has 5 heteroatoms. The molecule has 1 heterocycles. The minimum atomic E-state index is 0.625. The lowest BCUT2D eigenvalue weighted by molar-refractivity contribution is 0.413. The van der Waals surface area contributed by atoms with Gasteiger partial charge in [0.05, 0.1) is 36.1 Å². The highest BCUT2D eigenvalue weighted by atomic mass is 16.5.